The van der Waals surface area contributed by atoms with Gasteiger partial charge in [0.2, 0.25) is 0 Å². The first-order valence-electron chi connectivity index (χ1n) is 4.17. The molecule has 1 aliphatic heterocycles. The molecular formula is C9H10F2O2. The van der Waals surface area contributed by atoms with Crippen LogP contribution < -0.4 is 0 Å². The molecule has 2 nitrogen and oxygen atoms in total. The normalized spacial score (nSPS) is 41.6. The van der Waals surface area contributed by atoms with E-state index in [1.54, 1.807) is 12.2 Å². The van der Waals surface area contributed by atoms with Gasteiger partial charge in [-0.25, -0.2) is 0 Å². The fourth-order valence-electron chi connectivity index (χ4n) is 1.41. The minimum atomic E-state index is -3.44. The molecule has 0 amide bonds. The van der Waals surface area contributed by atoms with Crippen LogP contribution in [-0.2, 0) is 9.47 Å². The van der Waals surface area contributed by atoms with Gasteiger partial charge < -0.3 is 0 Å². The summed E-state index contributed by atoms with van der Waals surface area (Å²) in [4.78, 5) is 0. The van der Waals surface area contributed by atoms with Crippen LogP contribution in [-0.4, -0.2) is 18.5 Å². The van der Waals surface area contributed by atoms with Crippen LogP contribution in [0.2, 0.25) is 0 Å². The average Bonchev–Trinajstić information content (AvgIpc) is 2.23. The van der Waals surface area contributed by atoms with Crippen molar-refractivity contribution in [2.24, 2.45) is 5.92 Å². The molecule has 1 saturated heterocycles. The van der Waals surface area contributed by atoms with E-state index in [1.165, 1.54) is 0 Å². The van der Waals surface area contributed by atoms with E-state index in [0.717, 1.165) is 0 Å². The second-order valence-electron chi connectivity index (χ2n) is 3.26. The Labute approximate surface area is 74.8 Å². The number of fused-ring (bicyclic) bond motifs is 1. The second-order valence-corrected chi connectivity index (χ2v) is 3.26. The van der Waals surface area contributed by atoms with Gasteiger partial charge in [0.1, 0.15) is 12.2 Å². The van der Waals surface area contributed by atoms with Gasteiger partial charge in [0, 0.05) is 0 Å². The third kappa shape index (κ3) is 1.78. The average molecular weight is 188 g/mol. The van der Waals surface area contributed by atoms with Crippen molar-refractivity contribution < 1.29 is 18.3 Å². The molecule has 0 aromatic heterocycles. The minimum absolute atomic E-state index is 0.242. The Balaban J connectivity index is 2.18. The van der Waals surface area contributed by atoms with Crippen LogP contribution in [0.25, 0.3) is 0 Å². The molecule has 4 heteroatoms. The van der Waals surface area contributed by atoms with Gasteiger partial charge in [0.25, 0.3) is 0 Å². The Hall–Kier alpha value is -0.740. The largest absolute Gasteiger partial charge is 0.486 e. The number of hydrogen-bond acceptors (Lipinski definition) is 2. The third-order valence-electron chi connectivity index (χ3n) is 2.08. The number of hydrogen-bond donors (Lipinski definition) is 0. The van der Waals surface area contributed by atoms with Gasteiger partial charge in [-0.1, -0.05) is 31.2 Å². The lowest BCUT2D eigenvalue weighted by atomic mass is 10.2. The van der Waals surface area contributed by atoms with E-state index in [4.69, 9.17) is 0 Å². The maximum atomic E-state index is 12.6. The van der Waals surface area contributed by atoms with Crippen molar-refractivity contribution in [2.75, 3.05) is 0 Å². The van der Waals surface area contributed by atoms with Crippen molar-refractivity contribution in [3.63, 3.8) is 0 Å². The maximum absolute atomic E-state index is 12.6. The zero-order valence-electron chi connectivity index (χ0n) is 7.11. The molecule has 0 aromatic carbocycles. The molecule has 2 unspecified atom stereocenters. The van der Waals surface area contributed by atoms with Crippen LogP contribution in [0.15, 0.2) is 24.3 Å². The highest BCUT2D eigenvalue weighted by Crippen LogP contribution is 2.34. The summed E-state index contributed by atoms with van der Waals surface area (Å²) < 4.78 is 33.9. The summed E-state index contributed by atoms with van der Waals surface area (Å²) >= 11 is 0. The van der Waals surface area contributed by atoms with Crippen LogP contribution in [0.5, 0.6) is 0 Å². The summed E-state index contributed by atoms with van der Waals surface area (Å²) in [6, 6.07) is 0. The van der Waals surface area contributed by atoms with Crippen molar-refractivity contribution in [1.82, 2.24) is 0 Å². The first-order chi connectivity index (χ1) is 6.07. The van der Waals surface area contributed by atoms with Crippen LogP contribution in [0.1, 0.15) is 6.92 Å². The van der Waals surface area contributed by atoms with E-state index in [9.17, 15) is 8.78 Å². The Kier molecular flexibility index (Phi) is 1.96. The molecule has 0 bridgehead atoms. The van der Waals surface area contributed by atoms with Gasteiger partial charge in [-0.05, 0) is 5.92 Å². The fourth-order valence-corrected chi connectivity index (χ4v) is 1.41. The van der Waals surface area contributed by atoms with E-state index < -0.39 is 18.5 Å². The van der Waals surface area contributed by atoms with E-state index in [2.05, 4.69) is 9.47 Å². The van der Waals surface area contributed by atoms with E-state index in [1.807, 2.05) is 19.1 Å². The quantitative estimate of drug-likeness (QED) is 0.542. The minimum Gasteiger partial charge on any atom is -0.285 e. The molecule has 0 saturated carbocycles. The Bertz CT molecular complexity index is 236. The molecule has 13 heavy (non-hydrogen) atoms. The van der Waals surface area contributed by atoms with Gasteiger partial charge >= 0.3 is 6.29 Å². The fraction of sp³-hybridized carbons (Fsp3) is 0.556. The first-order valence-corrected chi connectivity index (χ1v) is 4.17. The predicted octanol–water partition coefficient (Wildman–Crippen LogP) is 2.08. The summed E-state index contributed by atoms with van der Waals surface area (Å²) in [7, 11) is 0. The molecule has 2 aliphatic rings. The topological polar surface area (TPSA) is 18.5 Å². The van der Waals surface area contributed by atoms with E-state index in [0.29, 0.717) is 0 Å². The van der Waals surface area contributed by atoms with E-state index in [-0.39, 0.29) is 5.92 Å². The van der Waals surface area contributed by atoms with E-state index >= 15 is 0 Å². The molecule has 1 heterocycles. The maximum Gasteiger partial charge on any atom is 0.486 e. The lowest BCUT2D eigenvalue weighted by Crippen LogP contribution is -2.16. The van der Waals surface area contributed by atoms with Gasteiger partial charge in [-0.2, -0.15) is 0 Å². The molecule has 2 atom stereocenters. The number of alkyl halides is 2. The SMILES string of the molecule is CC1C=CC2OC(F)(F)OC2C=C1. The molecule has 0 aromatic rings. The third-order valence-corrected chi connectivity index (χ3v) is 2.08. The summed E-state index contributed by atoms with van der Waals surface area (Å²) in [6.07, 6.45) is 2.14. The Morgan fingerprint density at radius 1 is 1.00 bits per heavy atom. The second kappa shape index (κ2) is 2.89. The lowest BCUT2D eigenvalue weighted by molar-refractivity contribution is -0.347. The van der Waals surface area contributed by atoms with Crippen LogP contribution in [0.4, 0.5) is 8.78 Å². The molecule has 72 valence electrons. The van der Waals surface area contributed by atoms with Crippen LogP contribution in [0, 0.1) is 5.92 Å². The highest BCUT2D eigenvalue weighted by molar-refractivity contribution is 5.13. The first kappa shape index (κ1) is 8.84. The van der Waals surface area contributed by atoms with Crippen molar-refractivity contribution >= 4 is 0 Å². The standard InChI is InChI=1S/C9H10F2O2/c1-6-2-4-7-8(5-3-6)13-9(10,11)12-7/h2-8H,1H3. The summed E-state index contributed by atoms with van der Waals surface area (Å²) in [6.45, 7) is 1.96. The molecular weight excluding hydrogens is 178 g/mol. The Morgan fingerprint density at radius 3 is 1.92 bits per heavy atom. The summed E-state index contributed by atoms with van der Waals surface area (Å²) in [5.74, 6) is 0.242. The van der Waals surface area contributed by atoms with Crippen molar-refractivity contribution in [1.29, 1.82) is 0 Å². The van der Waals surface area contributed by atoms with Crippen LogP contribution >= 0.6 is 0 Å². The number of ether oxygens (including phenoxy) is 2. The number of allylic oxidation sites excluding steroid dienone is 2. The summed E-state index contributed by atoms with van der Waals surface area (Å²) in [5.41, 5.74) is 0. The Morgan fingerprint density at radius 2 is 1.46 bits per heavy atom. The van der Waals surface area contributed by atoms with Gasteiger partial charge in [-0.3, -0.25) is 9.47 Å². The molecule has 0 spiro atoms. The molecule has 0 N–H and O–H groups in total. The molecule has 1 fully saturated rings. The summed E-state index contributed by atoms with van der Waals surface area (Å²) in [5, 5.41) is 0. The zero-order chi connectivity index (χ0) is 9.47. The smallest absolute Gasteiger partial charge is 0.285 e. The number of halogens is 2. The predicted molar refractivity (Wildman–Crippen MR) is 42.1 cm³/mol. The van der Waals surface area contributed by atoms with Gasteiger partial charge in [-0.15, -0.1) is 8.78 Å². The van der Waals surface area contributed by atoms with Crippen molar-refractivity contribution in [3.8, 4) is 0 Å². The van der Waals surface area contributed by atoms with Crippen molar-refractivity contribution in [3.05, 3.63) is 24.3 Å². The zero-order valence-corrected chi connectivity index (χ0v) is 7.11. The lowest BCUT2D eigenvalue weighted by Gasteiger charge is -2.05. The van der Waals surface area contributed by atoms with Crippen molar-refractivity contribution in [2.45, 2.75) is 25.4 Å². The van der Waals surface area contributed by atoms with Gasteiger partial charge in [0.15, 0.2) is 0 Å². The highest BCUT2D eigenvalue weighted by atomic mass is 19.3. The monoisotopic (exact) mass is 188 g/mol. The highest BCUT2D eigenvalue weighted by Gasteiger charge is 2.47. The van der Waals surface area contributed by atoms with Crippen LogP contribution in [0.3, 0.4) is 0 Å². The molecule has 1 aliphatic carbocycles. The number of rotatable bonds is 0. The molecule has 0 radical (unpaired) electrons. The molecule has 2 rings (SSSR count). The van der Waals surface area contributed by atoms with Gasteiger partial charge in [0.05, 0.1) is 0 Å².